The van der Waals surface area contributed by atoms with E-state index in [0.717, 1.165) is 16.9 Å². The van der Waals surface area contributed by atoms with Crippen LogP contribution in [0.15, 0.2) is 73.3 Å². The summed E-state index contributed by atoms with van der Waals surface area (Å²) in [5, 5.41) is 5.47. The van der Waals surface area contributed by atoms with E-state index in [1.807, 2.05) is 35.9 Å². The standard InChI is InChI=1S/C24H23N5O3/c1-17-4-9-22-27-20(15-29(22)14-17)16-32-21-7-5-18(6-8-21)24(31)26-12-10-23(30)28-19-3-2-11-25-13-19/h2-9,11,13-15H,10,12,16H2,1H3,(H,26,31)(H,28,30). The molecule has 0 aliphatic carbocycles. The van der Waals surface area contributed by atoms with E-state index in [0.29, 0.717) is 23.6 Å². The molecule has 1 aromatic carbocycles. The SMILES string of the molecule is Cc1ccc2nc(COc3ccc(C(=O)NCCC(=O)Nc4cccnc4)cc3)cn2c1. The molecule has 162 valence electrons. The molecule has 2 N–H and O–H groups in total. The highest BCUT2D eigenvalue weighted by Gasteiger charge is 2.08. The average molecular weight is 429 g/mol. The summed E-state index contributed by atoms with van der Waals surface area (Å²) in [6.07, 6.45) is 7.32. The molecule has 3 aromatic heterocycles. The summed E-state index contributed by atoms with van der Waals surface area (Å²) >= 11 is 0. The third kappa shape index (κ3) is 5.48. The maximum Gasteiger partial charge on any atom is 0.251 e. The molecular weight excluding hydrogens is 406 g/mol. The van der Waals surface area contributed by atoms with Crippen molar-refractivity contribution < 1.29 is 14.3 Å². The van der Waals surface area contributed by atoms with Crippen molar-refractivity contribution in [3.8, 4) is 5.75 Å². The van der Waals surface area contributed by atoms with Crippen molar-refractivity contribution in [3.63, 3.8) is 0 Å². The fourth-order valence-electron chi connectivity index (χ4n) is 3.14. The van der Waals surface area contributed by atoms with Gasteiger partial charge in [0.25, 0.3) is 5.91 Å². The Morgan fingerprint density at radius 3 is 2.69 bits per heavy atom. The van der Waals surface area contributed by atoms with Crippen molar-refractivity contribution in [1.82, 2.24) is 19.7 Å². The van der Waals surface area contributed by atoms with Gasteiger partial charge in [-0.2, -0.15) is 0 Å². The van der Waals surface area contributed by atoms with Crippen molar-refractivity contribution in [1.29, 1.82) is 0 Å². The first kappa shape index (κ1) is 21.0. The number of benzene rings is 1. The van der Waals surface area contributed by atoms with Crippen LogP contribution >= 0.6 is 0 Å². The summed E-state index contributed by atoms with van der Waals surface area (Å²) in [4.78, 5) is 32.7. The lowest BCUT2D eigenvalue weighted by Gasteiger charge is -2.08. The number of nitrogens with zero attached hydrogens (tertiary/aromatic N) is 3. The van der Waals surface area contributed by atoms with Gasteiger partial charge in [0, 0.05) is 37.1 Å². The average Bonchev–Trinajstić information content (AvgIpc) is 3.20. The third-order valence-corrected chi connectivity index (χ3v) is 4.73. The van der Waals surface area contributed by atoms with E-state index in [9.17, 15) is 9.59 Å². The monoisotopic (exact) mass is 429 g/mol. The number of imidazole rings is 1. The predicted molar refractivity (Wildman–Crippen MR) is 121 cm³/mol. The number of hydrogen-bond donors (Lipinski definition) is 2. The van der Waals surface area contributed by atoms with Crippen LogP contribution in [0.5, 0.6) is 5.75 Å². The molecule has 3 heterocycles. The molecular formula is C24H23N5O3. The van der Waals surface area contributed by atoms with Crippen LogP contribution in [0.2, 0.25) is 0 Å². The van der Waals surface area contributed by atoms with Gasteiger partial charge in [-0.3, -0.25) is 14.6 Å². The molecule has 0 spiro atoms. The van der Waals surface area contributed by atoms with Gasteiger partial charge in [-0.1, -0.05) is 6.07 Å². The second kappa shape index (κ2) is 9.74. The molecule has 8 nitrogen and oxygen atoms in total. The minimum atomic E-state index is -0.249. The quantitative estimate of drug-likeness (QED) is 0.448. The van der Waals surface area contributed by atoms with Crippen molar-refractivity contribution in [2.75, 3.05) is 11.9 Å². The number of aryl methyl sites for hydroxylation is 1. The molecule has 8 heteroatoms. The van der Waals surface area contributed by atoms with E-state index in [1.165, 1.54) is 0 Å². The highest BCUT2D eigenvalue weighted by atomic mass is 16.5. The number of amides is 2. The van der Waals surface area contributed by atoms with Crippen molar-refractivity contribution in [3.05, 3.63) is 90.1 Å². The Bertz CT molecular complexity index is 1220. The molecule has 0 saturated heterocycles. The van der Waals surface area contributed by atoms with E-state index >= 15 is 0 Å². The lowest BCUT2D eigenvalue weighted by molar-refractivity contribution is -0.116. The minimum Gasteiger partial charge on any atom is -0.487 e. The number of nitrogens with one attached hydrogen (secondary N) is 2. The highest BCUT2D eigenvalue weighted by molar-refractivity contribution is 5.95. The molecule has 4 aromatic rings. The molecule has 0 atom stereocenters. The van der Waals surface area contributed by atoms with Crippen molar-refractivity contribution >= 4 is 23.1 Å². The molecule has 0 fully saturated rings. The van der Waals surface area contributed by atoms with Crippen LogP contribution in [0.3, 0.4) is 0 Å². The number of pyridine rings is 2. The van der Waals surface area contributed by atoms with Crippen LogP contribution in [0.25, 0.3) is 5.65 Å². The lowest BCUT2D eigenvalue weighted by atomic mass is 10.2. The topological polar surface area (TPSA) is 97.6 Å². The van der Waals surface area contributed by atoms with Gasteiger partial charge in [0.15, 0.2) is 0 Å². The van der Waals surface area contributed by atoms with Gasteiger partial charge < -0.3 is 19.8 Å². The second-order valence-corrected chi connectivity index (χ2v) is 7.31. The van der Waals surface area contributed by atoms with E-state index < -0.39 is 0 Å². The van der Waals surface area contributed by atoms with Gasteiger partial charge in [0.05, 0.1) is 17.6 Å². The zero-order valence-electron chi connectivity index (χ0n) is 17.6. The summed E-state index contributed by atoms with van der Waals surface area (Å²) in [7, 11) is 0. The number of rotatable bonds is 8. The fourth-order valence-corrected chi connectivity index (χ4v) is 3.14. The van der Waals surface area contributed by atoms with E-state index in [4.69, 9.17) is 4.74 Å². The number of carbonyl (C=O) groups is 2. The molecule has 32 heavy (non-hydrogen) atoms. The molecule has 2 amide bonds. The smallest absolute Gasteiger partial charge is 0.251 e. The maximum atomic E-state index is 12.3. The minimum absolute atomic E-state index is 0.167. The molecule has 0 aliphatic heterocycles. The Morgan fingerprint density at radius 2 is 1.91 bits per heavy atom. The highest BCUT2D eigenvalue weighted by Crippen LogP contribution is 2.15. The Hall–Kier alpha value is -4.20. The van der Waals surface area contributed by atoms with Crippen LogP contribution in [-0.4, -0.2) is 32.7 Å². The lowest BCUT2D eigenvalue weighted by Crippen LogP contribution is -2.27. The van der Waals surface area contributed by atoms with Crippen LogP contribution < -0.4 is 15.4 Å². The van der Waals surface area contributed by atoms with Gasteiger partial charge in [0.1, 0.15) is 18.0 Å². The maximum absolute atomic E-state index is 12.3. The third-order valence-electron chi connectivity index (χ3n) is 4.73. The normalized spacial score (nSPS) is 10.7. The first-order chi connectivity index (χ1) is 15.6. The molecule has 0 bridgehead atoms. The number of fused-ring (bicyclic) bond motifs is 1. The zero-order valence-corrected chi connectivity index (χ0v) is 17.6. The van der Waals surface area contributed by atoms with Gasteiger partial charge in [-0.05, 0) is 55.0 Å². The van der Waals surface area contributed by atoms with Crippen LogP contribution in [0, 0.1) is 6.92 Å². The number of aromatic nitrogens is 3. The summed E-state index contributed by atoms with van der Waals surface area (Å²) in [5.41, 5.74) is 3.97. The first-order valence-electron chi connectivity index (χ1n) is 10.2. The molecule has 0 aliphatic rings. The van der Waals surface area contributed by atoms with E-state index in [1.54, 1.807) is 48.8 Å². The van der Waals surface area contributed by atoms with E-state index in [2.05, 4.69) is 20.6 Å². The molecule has 0 saturated carbocycles. The zero-order chi connectivity index (χ0) is 22.3. The number of anilines is 1. The van der Waals surface area contributed by atoms with E-state index in [-0.39, 0.29) is 24.8 Å². The van der Waals surface area contributed by atoms with Gasteiger partial charge >= 0.3 is 0 Å². The molecule has 4 rings (SSSR count). The largest absolute Gasteiger partial charge is 0.487 e. The Kier molecular flexibility index (Phi) is 6.41. The van der Waals surface area contributed by atoms with Crippen LogP contribution in [0.1, 0.15) is 28.0 Å². The summed E-state index contributed by atoms with van der Waals surface area (Å²) in [5.74, 6) is 0.205. The van der Waals surface area contributed by atoms with Gasteiger partial charge in [0.2, 0.25) is 5.91 Å². The Labute approximate surface area is 185 Å². The number of carbonyl (C=O) groups excluding carboxylic acids is 2. The first-order valence-corrected chi connectivity index (χ1v) is 10.2. The Morgan fingerprint density at radius 1 is 1.06 bits per heavy atom. The summed E-state index contributed by atoms with van der Waals surface area (Å²) < 4.78 is 7.76. The summed E-state index contributed by atoms with van der Waals surface area (Å²) in [6.45, 7) is 2.60. The summed E-state index contributed by atoms with van der Waals surface area (Å²) in [6, 6.07) is 14.3. The number of hydrogen-bond acceptors (Lipinski definition) is 5. The van der Waals surface area contributed by atoms with Crippen LogP contribution in [0.4, 0.5) is 5.69 Å². The Balaban J connectivity index is 1.23. The molecule has 0 radical (unpaired) electrons. The van der Waals surface area contributed by atoms with Crippen molar-refractivity contribution in [2.45, 2.75) is 20.0 Å². The van der Waals surface area contributed by atoms with Crippen molar-refractivity contribution in [2.24, 2.45) is 0 Å². The van der Waals surface area contributed by atoms with Gasteiger partial charge in [-0.25, -0.2) is 4.98 Å². The molecule has 0 unspecified atom stereocenters. The second-order valence-electron chi connectivity index (χ2n) is 7.31. The number of ether oxygens (including phenoxy) is 1. The van der Waals surface area contributed by atoms with Crippen LogP contribution in [-0.2, 0) is 11.4 Å². The predicted octanol–water partition coefficient (Wildman–Crippen LogP) is 3.38. The fraction of sp³-hybridized carbons (Fsp3) is 0.167. The van der Waals surface area contributed by atoms with Gasteiger partial charge in [-0.15, -0.1) is 0 Å².